The summed E-state index contributed by atoms with van der Waals surface area (Å²) >= 11 is 0. The van der Waals surface area contributed by atoms with Gasteiger partial charge in [-0.3, -0.25) is 9.13 Å². The second-order valence-corrected chi connectivity index (χ2v) is 3.45. The van der Waals surface area contributed by atoms with Crippen LogP contribution in [0.15, 0.2) is 37.4 Å². The van der Waals surface area contributed by atoms with Gasteiger partial charge in [0.05, 0.1) is 26.4 Å². The number of hydrogen-bond acceptors (Lipinski definition) is 5. The lowest BCUT2D eigenvalue weighted by Crippen LogP contribution is -2.16. The van der Waals surface area contributed by atoms with Crippen LogP contribution in [0.2, 0.25) is 0 Å². The fourth-order valence-corrected chi connectivity index (χ4v) is 1.32. The van der Waals surface area contributed by atoms with Gasteiger partial charge in [0.1, 0.15) is 12.7 Å². The molecule has 2 aromatic heterocycles. The maximum absolute atomic E-state index is 11.4. The largest absolute Gasteiger partial charge is 0.377 e. The SMILES string of the molecule is C1COCCO1.O=C(n1ccnc1)n1ccnc1. The summed E-state index contributed by atoms with van der Waals surface area (Å²) in [6.07, 6.45) is 9.17. The van der Waals surface area contributed by atoms with Crippen molar-refractivity contribution in [3.63, 3.8) is 0 Å². The van der Waals surface area contributed by atoms with E-state index in [0.29, 0.717) is 0 Å². The van der Waals surface area contributed by atoms with Crippen molar-refractivity contribution in [3.8, 4) is 0 Å². The first-order chi connectivity index (χ1) is 8.88. The zero-order chi connectivity index (χ0) is 12.6. The molecule has 1 aliphatic rings. The number of carbonyl (C=O) groups is 1. The van der Waals surface area contributed by atoms with E-state index in [1.807, 2.05) is 0 Å². The third kappa shape index (κ3) is 3.51. The van der Waals surface area contributed by atoms with Crippen LogP contribution < -0.4 is 0 Å². The van der Waals surface area contributed by atoms with Crippen LogP contribution in [0.3, 0.4) is 0 Å². The van der Waals surface area contributed by atoms with E-state index in [1.165, 1.54) is 21.8 Å². The van der Waals surface area contributed by atoms with Crippen molar-refractivity contribution in [2.45, 2.75) is 0 Å². The van der Waals surface area contributed by atoms with Crippen molar-refractivity contribution in [3.05, 3.63) is 37.4 Å². The van der Waals surface area contributed by atoms with Gasteiger partial charge >= 0.3 is 6.03 Å². The first-order valence-electron chi connectivity index (χ1n) is 5.54. The van der Waals surface area contributed by atoms with E-state index in [9.17, 15) is 4.79 Å². The average molecular weight is 250 g/mol. The average Bonchev–Trinajstić information content (AvgIpc) is 3.14. The zero-order valence-corrected chi connectivity index (χ0v) is 9.81. The van der Waals surface area contributed by atoms with Gasteiger partial charge in [-0.2, -0.15) is 0 Å². The van der Waals surface area contributed by atoms with Crippen molar-refractivity contribution in [1.82, 2.24) is 19.1 Å². The minimum Gasteiger partial charge on any atom is -0.377 e. The molecule has 0 aliphatic carbocycles. The Bertz CT molecular complexity index is 401. The number of ether oxygens (including phenoxy) is 2. The van der Waals surface area contributed by atoms with E-state index in [4.69, 9.17) is 9.47 Å². The number of aromatic nitrogens is 4. The van der Waals surface area contributed by atoms with Crippen LogP contribution in [0.1, 0.15) is 0 Å². The predicted molar refractivity (Wildman–Crippen MR) is 62.3 cm³/mol. The smallest absolute Gasteiger partial charge is 0.338 e. The van der Waals surface area contributed by atoms with Crippen molar-refractivity contribution in [2.24, 2.45) is 0 Å². The minimum absolute atomic E-state index is 0.190. The fraction of sp³-hybridized carbons (Fsp3) is 0.364. The zero-order valence-electron chi connectivity index (χ0n) is 9.81. The summed E-state index contributed by atoms with van der Waals surface area (Å²) in [5.74, 6) is 0. The third-order valence-electron chi connectivity index (χ3n) is 2.19. The van der Waals surface area contributed by atoms with Crippen LogP contribution in [-0.4, -0.2) is 51.6 Å². The number of imidazole rings is 2. The Morgan fingerprint density at radius 2 is 1.33 bits per heavy atom. The van der Waals surface area contributed by atoms with Gasteiger partial charge in [-0.25, -0.2) is 14.8 Å². The van der Waals surface area contributed by atoms with Crippen LogP contribution in [0.4, 0.5) is 4.79 Å². The van der Waals surface area contributed by atoms with E-state index in [0.717, 1.165) is 26.4 Å². The lowest BCUT2D eigenvalue weighted by Gasteiger charge is -2.09. The summed E-state index contributed by atoms with van der Waals surface area (Å²) in [6, 6.07) is -0.190. The lowest BCUT2D eigenvalue weighted by atomic mass is 10.6. The Kier molecular flexibility index (Phi) is 4.62. The van der Waals surface area contributed by atoms with Crippen LogP contribution in [0.5, 0.6) is 0 Å². The highest BCUT2D eigenvalue weighted by atomic mass is 16.6. The van der Waals surface area contributed by atoms with Crippen LogP contribution >= 0.6 is 0 Å². The fourth-order valence-electron chi connectivity index (χ4n) is 1.32. The molecule has 0 atom stereocenters. The second kappa shape index (κ2) is 6.67. The number of hydrogen-bond donors (Lipinski definition) is 0. The van der Waals surface area contributed by atoms with Gasteiger partial charge in [0.2, 0.25) is 0 Å². The molecule has 0 aromatic carbocycles. The second-order valence-electron chi connectivity index (χ2n) is 3.45. The minimum atomic E-state index is -0.190. The van der Waals surface area contributed by atoms with Crippen molar-refractivity contribution < 1.29 is 14.3 Å². The molecule has 0 saturated carbocycles. The monoisotopic (exact) mass is 250 g/mol. The quantitative estimate of drug-likeness (QED) is 0.685. The molecule has 96 valence electrons. The van der Waals surface area contributed by atoms with Gasteiger partial charge in [-0.05, 0) is 0 Å². The first kappa shape index (κ1) is 12.5. The molecule has 3 rings (SSSR count). The predicted octanol–water partition coefficient (Wildman–Crippen LogP) is 0.629. The molecule has 0 unspecified atom stereocenters. The van der Waals surface area contributed by atoms with Gasteiger partial charge < -0.3 is 9.47 Å². The molecule has 0 spiro atoms. The Labute approximate surface area is 104 Å². The molecule has 0 bridgehead atoms. The molecule has 0 amide bonds. The van der Waals surface area contributed by atoms with E-state index in [2.05, 4.69) is 9.97 Å². The summed E-state index contributed by atoms with van der Waals surface area (Å²) in [5.41, 5.74) is 0. The van der Waals surface area contributed by atoms with Crippen molar-refractivity contribution >= 4 is 6.03 Å². The first-order valence-corrected chi connectivity index (χ1v) is 5.54. The van der Waals surface area contributed by atoms with Crippen molar-refractivity contribution in [1.29, 1.82) is 0 Å². The molecule has 7 heteroatoms. The normalized spacial score (nSPS) is 14.7. The number of carbonyl (C=O) groups excluding carboxylic acids is 1. The van der Waals surface area contributed by atoms with Gasteiger partial charge in [-0.1, -0.05) is 0 Å². The molecule has 1 aliphatic heterocycles. The molecular weight excluding hydrogens is 236 g/mol. The third-order valence-corrected chi connectivity index (χ3v) is 2.19. The van der Waals surface area contributed by atoms with Crippen LogP contribution in [0.25, 0.3) is 0 Å². The molecule has 1 saturated heterocycles. The van der Waals surface area contributed by atoms with Gasteiger partial charge in [0.15, 0.2) is 0 Å². The van der Waals surface area contributed by atoms with Crippen LogP contribution in [-0.2, 0) is 9.47 Å². The van der Waals surface area contributed by atoms with Crippen LogP contribution in [0, 0.1) is 0 Å². The highest BCUT2D eigenvalue weighted by molar-refractivity contribution is 5.78. The molecule has 18 heavy (non-hydrogen) atoms. The Hall–Kier alpha value is -1.99. The molecule has 0 N–H and O–H groups in total. The molecule has 1 fully saturated rings. The van der Waals surface area contributed by atoms with E-state index < -0.39 is 0 Å². The van der Waals surface area contributed by atoms with E-state index in [-0.39, 0.29) is 6.03 Å². The van der Waals surface area contributed by atoms with E-state index >= 15 is 0 Å². The molecule has 7 nitrogen and oxygen atoms in total. The maximum atomic E-state index is 11.4. The Morgan fingerprint density at radius 3 is 1.61 bits per heavy atom. The summed E-state index contributed by atoms with van der Waals surface area (Å²) < 4.78 is 12.6. The molecule has 2 aromatic rings. The summed E-state index contributed by atoms with van der Waals surface area (Å²) in [5, 5.41) is 0. The standard InChI is InChI=1S/C7H6N4O.C4H8O2/c12-7(10-3-1-8-5-10)11-4-2-9-6-11;1-2-6-4-3-5-1/h1-6H;1-4H2. The van der Waals surface area contributed by atoms with Gasteiger partial charge in [0, 0.05) is 24.8 Å². The summed E-state index contributed by atoms with van der Waals surface area (Å²) in [4.78, 5) is 18.9. The lowest BCUT2D eigenvalue weighted by molar-refractivity contribution is -0.0334. The molecule has 3 heterocycles. The number of nitrogens with zero attached hydrogens (tertiary/aromatic N) is 4. The summed E-state index contributed by atoms with van der Waals surface area (Å²) in [7, 11) is 0. The van der Waals surface area contributed by atoms with Crippen molar-refractivity contribution in [2.75, 3.05) is 26.4 Å². The topological polar surface area (TPSA) is 71.2 Å². The Balaban J connectivity index is 0.000000169. The Morgan fingerprint density at radius 1 is 0.889 bits per heavy atom. The van der Waals surface area contributed by atoms with Gasteiger partial charge in [0.25, 0.3) is 0 Å². The molecular formula is C11H14N4O3. The highest BCUT2D eigenvalue weighted by Gasteiger charge is 2.03. The summed E-state index contributed by atoms with van der Waals surface area (Å²) in [6.45, 7) is 3.11. The van der Waals surface area contributed by atoms with E-state index in [1.54, 1.807) is 24.8 Å². The number of rotatable bonds is 0. The molecule has 0 radical (unpaired) electrons. The maximum Gasteiger partial charge on any atom is 0.338 e. The highest BCUT2D eigenvalue weighted by Crippen LogP contribution is 1.92. The van der Waals surface area contributed by atoms with Gasteiger partial charge in [-0.15, -0.1) is 0 Å².